The van der Waals surface area contributed by atoms with Crippen molar-refractivity contribution >= 4 is 23.9 Å². The number of aliphatic hydroxyl groups excluding tert-OH is 5. The predicted molar refractivity (Wildman–Crippen MR) is 227 cm³/mol. The van der Waals surface area contributed by atoms with Gasteiger partial charge in [0.2, 0.25) is 17.6 Å². The van der Waals surface area contributed by atoms with Crippen LogP contribution in [0.3, 0.4) is 0 Å². The third-order valence-corrected chi connectivity index (χ3v) is 11.3. The van der Waals surface area contributed by atoms with Crippen molar-refractivity contribution in [1.82, 2.24) is 10.2 Å². The van der Waals surface area contributed by atoms with E-state index >= 15 is 0 Å². The number of esters is 1. The first-order valence-corrected chi connectivity index (χ1v) is 20.8. The molecule has 4 aromatic rings. The number of hydrogen-bond acceptors (Lipinski definition) is 13. The van der Waals surface area contributed by atoms with E-state index < -0.39 is 85.2 Å². The summed E-state index contributed by atoms with van der Waals surface area (Å²) in [5.41, 5.74) is 3.24. The molecule has 2 saturated heterocycles. The Morgan fingerprint density at radius 2 is 1.52 bits per heavy atom. The van der Waals surface area contributed by atoms with E-state index in [9.17, 15) is 39.9 Å². The summed E-state index contributed by atoms with van der Waals surface area (Å²) in [6, 6.07) is 33.7. The number of nitrogens with one attached hydrogen (secondary N) is 1. The minimum atomic E-state index is -1.58. The maximum atomic E-state index is 14.6. The third kappa shape index (κ3) is 10.3. The maximum absolute atomic E-state index is 14.6. The van der Waals surface area contributed by atoms with E-state index in [0.29, 0.717) is 16.7 Å². The number of rotatable bonds is 16. The molecule has 7 rings (SSSR count). The van der Waals surface area contributed by atoms with E-state index in [1.807, 2.05) is 91.0 Å². The van der Waals surface area contributed by atoms with Gasteiger partial charge in [-0.25, -0.2) is 4.79 Å². The van der Waals surface area contributed by atoms with Crippen LogP contribution in [0.4, 0.5) is 0 Å². The standard InChI is InChI=1S/C48H52N2O13/c1-50(36(44(56)49-22-23-51)26-31-13-5-2-6-14-31)45(57)33-27-37(43-38(28-33)62-48(63-43,34-18-7-3-8-19-34)35-20-9-4-10-21-35)60-46(58)32-17-11-15-30(25-32)16-12-24-59-47-42(55)41(54)40(53)39(29-52)61-47/h2-21,25,28,36-43,47,51-55H,22-24,26-27,29H2,1H3,(H,49,56)/t36-,37-,38-,39-,40+,41+,42-,43+,47+/m1/s1. The second kappa shape index (κ2) is 20.7. The van der Waals surface area contributed by atoms with Gasteiger partial charge in [-0.15, -0.1) is 0 Å². The van der Waals surface area contributed by atoms with Crippen LogP contribution in [-0.2, 0) is 45.5 Å². The first-order chi connectivity index (χ1) is 30.5. The highest BCUT2D eigenvalue weighted by Gasteiger charge is 2.55. The molecule has 0 spiro atoms. The van der Waals surface area contributed by atoms with Gasteiger partial charge >= 0.3 is 5.97 Å². The summed E-state index contributed by atoms with van der Waals surface area (Å²) in [5, 5.41) is 52.0. The number of nitrogens with zero attached hydrogens (tertiary/aromatic N) is 1. The quantitative estimate of drug-likeness (QED) is 0.0894. The molecular formula is C48H52N2O13. The fourth-order valence-electron chi connectivity index (χ4n) is 8.00. The molecule has 3 aliphatic rings. The molecule has 63 heavy (non-hydrogen) atoms. The summed E-state index contributed by atoms with van der Waals surface area (Å²) in [4.78, 5) is 43.5. The minimum absolute atomic E-state index is 0.00970. The Hall–Kier alpha value is -5.59. The van der Waals surface area contributed by atoms with E-state index in [0.717, 1.165) is 5.56 Å². The highest BCUT2D eigenvalue weighted by molar-refractivity contribution is 5.97. The lowest BCUT2D eigenvalue weighted by Crippen LogP contribution is -2.59. The molecule has 0 unspecified atom stereocenters. The van der Waals surface area contributed by atoms with Gasteiger partial charge in [0.1, 0.15) is 48.8 Å². The first kappa shape index (κ1) is 45.4. The van der Waals surface area contributed by atoms with E-state index in [1.54, 1.807) is 49.5 Å². The number of amides is 2. The Labute approximate surface area is 364 Å². The van der Waals surface area contributed by atoms with Gasteiger partial charge in [0.25, 0.3) is 0 Å². The van der Waals surface area contributed by atoms with Crippen LogP contribution in [0.5, 0.6) is 0 Å². The molecule has 0 saturated carbocycles. The number of carbonyl (C=O) groups is 3. The predicted octanol–water partition coefficient (Wildman–Crippen LogP) is 2.24. The molecule has 1 aliphatic carbocycles. The maximum Gasteiger partial charge on any atom is 0.338 e. The fourth-order valence-corrected chi connectivity index (χ4v) is 8.00. The summed E-state index contributed by atoms with van der Waals surface area (Å²) in [7, 11) is 1.54. The zero-order valence-corrected chi connectivity index (χ0v) is 34.6. The molecule has 4 aromatic carbocycles. The van der Waals surface area contributed by atoms with E-state index in [-0.39, 0.29) is 43.7 Å². The van der Waals surface area contributed by atoms with Crippen molar-refractivity contribution in [2.45, 2.75) is 73.7 Å². The summed E-state index contributed by atoms with van der Waals surface area (Å²) in [5.74, 6) is -3.05. The van der Waals surface area contributed by atoms with Gasteiger partial charge in [0, 0.05) is 43.1 Å². The molecule has 2 amide bonds. The normalized spacial score (nSPS) is 25.7. The molecule has 2 heterocycles. The molecule has 0 aromatic heterocycles. The molecule has 0 bridgehead atoms. The Morgan fingerprint density at radius 3 is 2.17 bits per heavy atom. The van der Waals surface area contributed by atoms with Crippen molar-refractivity contribution in [3.8, 4) is 0 Å². The van der Waals surface area contributed by atoms with E-state index in [2.05, 4.69) is 5.32 Å². The number of likely N-dealkylation sites (N-methyl/N-ethyl adjacent to an activating group) is 1. The monoisotopic (exact) mass is 864 g/mol. The van der Waals surface area contributed by atoms with Crippen LogP contribution in [0.1, 0.15) is 39.0 Å². The average Bonchev–Trinajstić information content (AvgIpc) is 3.73. The smallest absolute Gasteiger partial charge is 0.338 e. The molecule has 2 aliphatic heterocycles. The zero-order valence-electron chi connectivity index (χ0n) is 34.6. The van der Waals surface area contributed by atoms with Crippen LogP contribution in [0, 0.1) is 0 Å². The summed E-state index contributed by atoms with van der Waals surface area (Å²) in [6.07, 6.45) is -4.75. The van der Waals surface area contributed by atoms with Crippen LogP contribution >= 0.6 is 0 Å². The molecule has 15 nitrogen and oxygen atoms in total. The third-order valence-electron chi connectivity index (χ3n) is 11.3. The molecule has 0 radical (unpaired) electrons. The van der Waals surface area contributed by atoms with Gasteiger partial charge in [0.15, 0.2) is 6.29 Å². The van der Waals surface area contributed by atoms with Crippen LogP contribution in [-0.4, -0.2) is 137 Å². The zero-order chi connectivity index (χ0) is 44.5. The number of hydrogen-bond donors (Lipinski definition) is 6. The minimum Gasteiger partial charge on any atom is -0.456 e. The van der Waals surface area contributed by atoms with Crippen molar-refractivity contribution in [2.24, 2.45) is 0 Å². The van der Waals surface area contributed by atoms with Gasteiger partial charge < -0.3 is 59.4 Å². The van der Waals surface area contributed by atoms with Gasteiger partial charge in [-0.05, 0) is 29.3 Å². The second-order valence-corrected chi connectivity index (χ2v) is 15.5. The SMILES string of the molecule is CN(C(=O)C1=C[C@H]2OC(c3ccccc3)(c3ccccc3)O[C@H]2[C@H](OC(=O)c2cccc(C=CCO[C@H]3O[C@H](CO)[C@H](O)[C@H](O)[C@H]3O)c2)C1)[C@H](Cc1ccccc1)C(=O)NCCO. The second-order valence-electron chi connectivity index (χ2n) is 15.5. The van der Waals surface area contributed by atoms with Gasteiger partial charge in [0.05, 0.1) is 25.4 Å². The molecule has 6 N–H and O–H groups in total. The Kier molecular flexibility index (Phi) is 14.9. The summed E-state index contributed by atoms with van der Waals surface area (Å²) < 4.78 is 31.0. The Morgan fingerprint density at radius 1 is 0.857 bits per heavy atom. The van der Waals surface area contributed by atoms with Gasteiger partial charge in [-0.1, -0.05) is 115 Å². The Balaban J connectivity index is 1.14. The molecule has 15 heteroatoms. The number of carbonyl (C=O) groups excluding carboxylic acids is 3. The van der Waals surface area contributed by atoms with Crippen molar-refractivity contribution < 1.29 is 63.6 Å². The molecule has 9 atom stereocenters. The lowest BCUT2D eigenvalue weighted by Gasteiger charge is -2.39. The van der Waals surface area contributed by atoms with E-state index in [1.165, 1.54) is 4.90 Å². The molecule has 2 fully saturated rings. The molecular weight excluding hydrogens is 813 g/mol. The van der Waals surface area contributed by atoms with Crippen molar-refractivity contribution in [2.75, 3.05) is 33.4 Å². The van der Waals surface area contributed by atoms with Crippen molar-refractivity contribution in [3.63, 3.8) is 0 Å². The fraction of sp³-hybridized carbons (Fsp3) is 0.354. The molecule has 332 valence electrons. The van der Waals surface area contributed by atoms with Gasteiger partial charge in [-0.3, -0.25) is 9.59 Å². The van der Waals surface area contributed by atoms with Crippen LogP contribution in [0.15, 0.2) is 133 Å². The van der Waals surface area contributed by atoms with Crippen molar-refractivity contribution in [1.29, 1.82) is 0 Å². The van der Waals surface area contributed by atoms with Crippen LogP contribution in [0.2, 0.25) is 0 Å². The summed E-state index contributed by atoms with van der Waals surface area (Å²) >= 11 is 0. The number of benzene rings is 4. The Bertz CT molecular complexity index is 2180. The number of ether oxygens (including phenoxy) is 5. The highest BCUT2D eigenvalue weighted by Crippen LogP contribution is 2.47. The highest BCUT2D eigenvalue weighted by atomic mass is 16.8. The van der Waals surface area contributed by atoms with Crippen LogP contribution in [0.25, 0.3) is 6.08 Å². The van der Waals surface area contributed by atoms with E-state index in [4.69, 9.17) is 23.7 Å². The topological polar surface area (TPSA) is 214 Å². The van der Waals surface area contributed by atoms with Gasteiger partial charge in [-0.2, -0.15) is 0 Å². The summed E-state index contributed by atoms with van der Waals surface area (Å²) in [6.45, 7) is -0.937. The lowest BCUT2D eigenvalue weighted by atomic mass is 9.90. The number of aliphatic hydroxyl groups is 5. The van der Waals surface area contributed by atoms with Crippen molar-refractivity contribution in [3.05, 3.63) is 161 Å². The lowest BCUT2D eigenvalue weighted by molar-refractivity contribution is -0.298. The van der Waals surface area contributed by atoms with Crippen LogP contribution < -0.4 is 5.32 Å². The first-order valence-electron chi connectivity index (χ1n) is 20.8. The average molecular weight is 865 g/mol. The number of fused-ring (bicyclic) bond motifs is 1. The largest absolute Gasteiger partial charge is 0.456 e.